The van der Waals surface area contributed by atoms with Crippen molar-refractivity contribution < 1.29 is 14.1 Å². The second kappa shape index (κ2) is 8.11. The molecule has 0 bridgehead atoms. The Kier molecular flexibility index (Phi) is 6.53. The number of carbonyl (C=O) groups is 1. The van der Waals surface area contributed by atoms with Crippen LogP contribution >= 0.6 is 0 Å². The van der Waals surface area contributed by atoms with Gasteiger partial charge in [0.15, 0.2) is 0 Å². The molecule has 1 saturated heterocycles. The minimum atomic E-state index is -0.337. The van der Waals surface area contributed by atoms with Crippen LogP contribution in [0, 0.1) is 0 Å². The SMILES string of the molecule is CCN(CC)C(=O)CN(C)Cc1ccc(B2OC(C)(C)C(C)(C)O2)cc1. The van der Waals surface area contributed by atoms with Gasteiger partial charge in [-0.1, -0.05) is 24.3 Å². The molecule has 0 aliphatic carbocycles. The molecule has 0 atom stereocenters. The monoisotopic (exact) mass is 360 g/mol. The Balaban J connectivity index is 1.95. The van der Waals surface area contributed by atoms with Gasteiger partial charge in [-0.25, -0.2) is 0 Å². The average Bonchev–Trinajstić information content (AvgIpc) is 2.77. The van der Waals surface area contributed by atoms with E-state index < -0.39 is 0 Å². The minimum absolute atomic E-state index is 0.173. The Bertz CT molecular complexity index is 596. The van der Waals surface area contributed by atoms with E-state index >= 15 is 0 Å². The van der Waals surface area contributed by atoms with Crippen LogP contribution in [0.5, 0.6) is 0 Å². The summed E-state index contributed by atoms with van der Waals surface area (Å²) in [5, 5.41) is 0. The molecular weight excluding hydrogens is 327 g/mol. The molecule has 1 aromatic carbocycles. The van der Waals surface area contributed by atoms with Crippen LogP contribution in [0.1, 0.15) is 47.1 Å². The van der Waals surface area contributed by atoms with Crippen LogP contribution < -0.4 is 5.46 Å². The highest BCUT2D eigenvalue weighted by Crippen LogP contribution is 2.36. The van der Waals surface area contributed by atoms with Gasteiger partial charge >= 0.3 is 7.12 Å². The first-order valence-electron chi connectivity index (χ1n) is 9.50. The van der Waals surface area contributed by atoms with Crippen molar-refractivity contribution in [2.45, 2.75) is 59.3 Å². The predicted octanol–water partition coefficient (Wildman–Crippen LogP) is 2.29. The van der Waals surface area contributed by atoms with E-state index in [1.807, 2.05) is 30.7 Å². The zero-order valence-electron chi connectivity index (χ0n) is 17.3. The van der Waals surface area contributed by atoms with Crippen molar-refractivity contribution in [1.29, 1.82) is 0 Å². The molecule has 0 saturated carbocycles. The van der Waals surface area contributed by atoms with Gasteiger partial charge in [0.1, 0.15) is 0 Å². The summed E-state index contributed by atoms with van der Waals surface area (Å²) < 4.78 is 12.2. The van der Waals surface area contributed by atoms with Crippen molar-refractivity contribution in [2.24, 2.45) is 0 Å². The summed E-state index contributed by atoms with van der Waals surface area (Å²) in [5.41, 5.74) is 1.53. The Morgan fingerprint density at radius 3 is 1.96 bits per heavy atom. The Morgan fingerprint density at radius 2 is 1.50 bits per heavy atom. The van der Waals surface area contributed by atoms with Crippen molar-refractivity contribution in [1.82, 2.24) is 9.80 Å². The third-order valence-electron chi connectivity index (χ3n) is 5.48. The van der Waals surface area contributed by atoms with Crippen LogP contribution in [-0.2, 0) is 20.6 Å². The first-order chi connectivity index (χ1) is 12.1. The van der Waals surface area contributed by atoms with Gasteiger partial charge < -0.3 is 14.2 Å². The molecule has 2 rings (SSSR count). The zero-order valence-corrected chi connectivity index (χ0v) is 17.3. The fraction of sp³-hybridized carbons (Fsp3) is 0.650. The van der Waals surface area contributed by atoms with Gasteiger partial charge in [0.2, 0.25) is 5.91 Å². The van der Waals surface area contributed by atoms with Crippen molar-refractivity contribution in [3.63, 3.8) is 0 Å². The second-order valence-corrected chi connectivity index (χ2v) is 8.07. The van der Waals surface area contributed by atoms with E-state index in [1.54, 1.807) is 0 Å². The lowest BCUT2D eigenvalue weighted by molar-refractivity contribution is -0.131. The minimum Gasteiger partial charge on any atom is -0.399 e. The lowest BCUT2D eigenvalue weighted by atomic mass is 9.79. The number of likely N-dealkylation sites (N-methyl/N-ethyl adjacent to an activating group) is 2. The maximum Gasteiger partial charge on any atom is 0.494 e. The van der Waals surface area contributed by atoms with Crippen molar-refractivity contribution in [3.8, 4) is 0 Å². The van der Waals surface area contributed by atoms with Crippen LogP contribution in [0.3, 0.4) is 0 Å². The van der Waals surface area contributed by atoms with Gasteiger partial charge in [0.05, 0.1) is 17.7 Å². The summed E-state index contributed by atoms with van der Waals surface area (Å²) in [6, 6.07) is 8.27. The molecule has 1 heterocycles. The highest BCUT2D eigenvalue weighted by Gasteiger charge is 2.51. The second-order valence-electron chi connectivity index (χ2n) is 8.07. The van der Waals surface area contributed by atoms with Crippen molar-refractivity contribution in [2.75, 3.05) is 26.7 Å². The lowest BCUT2D eigenvalue weighted by Gasteiger charge is -2.32. The van der Waals surface area contributed by atoms with Crippen LogP contribution in [0.4, 0.5) is 0 Å². The Hall–Kier alpha value is -1.37. The number of amides is 1. The highest BCUT2D eigenvalue weighted by molar-refractivity contribution is 6.62. The maximum atomic E-state index is 12.2. The standard InChI is InChI=1S/C20H33BN2O3/c1-8-23(9-2)18(24)15-22(7)14-16-10-12-17(13-11-16)21-25-19(3,4)20(5,6)26-21/h10-13H,8-9,14-15H2,1-7H3. The molecule has 0 unspecified atom stereocenters. The molecule has 0 radical (unpaired) electrons. The normalized spacial score (nSPS) is 18.4. The fourth-order valence-corrected chi connectivity index (χ4v) is 3.03. The fourth-order valence-electron chi connectivity index (χ4n) is 3.03. The van der Waals surface area contributed by atoms with Gasteiger partial charge in [-0.15, -0.1) is 0 Å². The van der Waals surface area contributed by atoms with Crippen molar-refractivity contribution >= 4 is 18.5 Å². The first kappa shape index (κ1) is 20.9. The van der Waals surface area contributed by atoms with Gasteiger partial charge in [-0.3, -0.25) is 9.69 Å². The van der Waals surface area contributed by atoms with Crippen LogP contribution in [0.25, 0.3) is 0 Å². The zero-order chi connectivity index (χ0) is 19.5. The van der Waals surface area contributed by atoms with E-state index in [9.17, 15) is 4.79 Å². The molecular formula is C20H33BN2O3. The third kappa shape index (κ3) is 4.67. The highest BCUT2D eigenvalue weighted by atomic mass is 16.7. The molecule has 0 aromatic heterocycles. The number of hydrogen-bond acceptors (Lipinski definition) is 4. The topological polar surface area (TPSA) is 42.0 Å². The molecule has 0 N–H and O–H groups in total. The predicted molar refractivity (Wildman–Crippen MR) is 106 cm³/mol. The molecule has 26 heavy (non-hydrogen) atoms. The molecule has 1 aliphatic heterocycles. The van der Waals surface area contributed by atoms with Crippen LogP contribution in [0.2, 0.25) is 0 Å². The molecule has 5 nitrogen and oxygen atoms in total. The number of hydrogen-bond donors (Lipinski definition) is 0. The number of rotatable bonds is 7. The summed E-state index contributed by atoms with van der Waals surface area (Å²) in [5.74, 6) is 0.173. The van der Waals surface area contributed by atoms with E-state index in [1.165, 1.54) is 5.56 Å². The summed E-state index contributed by atoms with van der Waals surface area (Å²) in [4.78, 5) is 16.1. The number of nitrogens with zero attached hydrogens (tertiary/aromatic N) is 2. The molecule has 0 spiro atoms. The first-order valence-corrected chi connectivity index (χ1v) is 9.50. The summed E-state index contributed by atoms with van der Waals surface area (Å²) in [6.07, 6.45) is 0. The molecule has 144 valence electrons. The van der Waals surface area contributed by atoms with Crippen LogP contribution in [0.15, 0.2) is 24.3 Å². The quantitative estimate of drug-likeness (QED) is 0.700. The average molecular weight is 360 g/mol. The summed E-state index contributed by atoms with van der Waals surface area (Å²) in [6.45, 7) is 14.9. The molecule has 1 aliphatic rings. The molecule has 1 aromatic rings. The number of carbonyl (C=O) groups excluding carboxylic acids is 1. The molecule has 1 fully saturated rings. The molecule has 6 heteroatoms. The van der Waals surface area contributed by atoms with E-state index in [4.69, 9.17) is 9.31 Å². The van der Waals surface area contributed by atoms with Crippen LogP contribution in [-0.4, -0.2) is 60.7 Å². The van der Waals surface area contributed by atoms with Gasteiger partial charge in [-0.2, -0.15) is 0 Å². The Morgan fingerprint density at radius 1 is 1.00 bits per heavy atom. The molecule has 1 amide bonds. The lowest BCUT2D eigenvalue weighted by Crippen LogP contribution is -2.41. The Labute approximate surface area is 158 Å². The number of benzene rings is 1. The summed E-state index contributed by atoms with van der Waals surface area (Å²) in [7, 11) is 1.64. The van der Waals surface area contributed by atoms with Gasteiger partial charge in [0.25, 0.3) is 0 Å². The summed E-state index contributed by atoms with van der Waals surface area (Å²) >= 11 is 0. The third-order valence-corrected chi connectivity index (χ3v) is 5.48. The van der Waals surface area contributed by atoms with E-state index in [0.29, 0.717) is 6.54 Å². The van der Waals surface area contributed by atoms with Gasteiger partial charge in [0, 0.05) is 19.6 Å². The van der Waals surface area contributed by atoms with E-state index in [0.717, 1.165) is 25.1 Å². The largest absolute Gasteiger partial charge is 0.494 e. The maximum absolute atomic E-state index is 12.2. The van der Waals surface area contributed by atoms with Gasteiger partial charge in [-0.05, 0) is 59.6 Å². The van der Waals surface area contributed by atoms with Crippen molar-refractivity contribution in [3.05, 3.63) is 29.8 Å². The van der Waals surface area contributed by atoms with E-state index in [-0.39, 0.29) is 24.2 Å². The van der Waals surface area contributed by atoms with E-state index in [2.05, 4.69) is 52.0 Å². The smallest absolute Gasteiger partial charge is 0.399 e.